The number of methoxy groups -OCH3 is 1. The Morgan fingerprint density at radius 3 is 2.84 bits per heavy atom. The first-order chi connectivity index (χ1) is 9.20. The molecule has 0 saturated heterocycles. The lowest BCUT2D eigenvalue weighted by Crippen LogP contribution is -2.01. The van der Waals surface area contributed by atoms with Gasteiger partial charge in [-0.25, -0.2) is 9.78 Å². The van der Waals surface area contributed by atoms with Crippen molar-refractivity contribution in [3.05, 3.63) is 42.2 Å². The van der Waals surface area contributed by atoms with Crippen molar-refractivity contribution in [2.24, 2.45) is 0 Å². The molecule has 0 unspecified atom stereocenters. The first-order valence-corrected chi connectivity index (χ1v) is 5.72. The van der Waals surface area contributed by atoms with Crippen molar-refractivity contribution in [1.82, 2.24) is 9.97 Å². The van der Waals surface area contributed by atoms with E-state index in [1.54, 1.807) is 30.6 Å². The molecule has 0 amide bonds. The van der Waals surface area contributed by atoms with Crippen LogP contribution in [0.3, 0.4) is 0 Å². The maximum absolute atomic E-state index is 11.6. The molecule has 0 atom stereocenters. The van der Waals surface area contributed by atoms with Crippen LogP contribution < -0.4 is 5.73 Å². The Balaban J connectivity index is 2.41. The van der Waals surface area contributed by atoms with Gasteiger partial charge in [0.2, 0.25) is 0 Å². The molecule has 0 fully saturated rings. The summed E-state index contributed by atoms with van der Waals surface area (Å²) >= 11 is 0. The van der Waals surface area contributed by atoms with Crippen LogP contribution in [0.4, 0.5) is 5.82 Å². The number of nitrogens with two attached hydrogens (primary N) is 1. The number of hydrogen-bond acceptors (Lipinski definition) is 5. The molecule has 2 N–H and O–H groups in total. The second-order valence-electron chi connectivity index (χ2n) is 4.14. The quantitative estimate of drug-likeness (QED) is 0.531. The summed E-state index contributed by atoms with van der Waals surface area (Å²) in [6.07, 6.45) is 3.36. The summed E-state index contributed by atoms with van der Waals surface area (Å²) < 4.78 is 4.72. The van der Waals surface area contributed by atoms with Crippen LogP contribution in [-0.2, 0) is 4.74 Å². The summed E-state index contributed by atoms with van der Waals surface area (Å²) in [6, 6.07) is 7.05. The zero-order valence-corrected chi connectivity index (χ0v) is 10.3. The smallest absolute Gasteiger partial charge is 0.337 e. The zero-order valence-electron chi connectivity index (χ0n) is 10.3. The molecular weight excluding hydrogens is 242 g/mol. The van der Waals surface area contributed by atoms with Gasteiger partial charge in [0.05, 0.1) is 18.2 Å². The van der Waals surface area contributed by atoms with Crippen LogP contribution >= 0.6 is 0 Å². The molecule has 1 aromatic carbocycles. The molecule has 5 nitrogen and oxygen atoms in total. The highest BCUT2D eigenvalue weighted by Gasteiger charge is 2.10. The van der Waals surface area contributed by atoms with Gasteiger partial charge < -0.3 is 10.5 Å². The minimum atomic E-state index is -0.374. The molecule has 0 bridgehead atoms. The first kappa shape index (κ1) is 11.4. The number of fused-ring (bicyclic) bond motifs is 3. The summed E-state index contributed by atoms with van der Waals surface area (Å²) in [4.78, 5) is 19.9. The Kier molecular flexibility index (Phi) is 2.52. The number of ether oxygens (including phenoxy) is 1. The van der Waals surface area contributed by atoms with Gasteiger partial charge in [-0.05, 0) is 29.7 Å². The van der Waals surface area contributed by atoms with Gasteiger partial charge in [-0.3, -0.25) is 4.98 Å². The van der Waals surface area contributed by atoms with Crippen LogP contribution in [0.5, 0.6) is 0 Å². The van der Waals surface area contributed by atoms with Gasteiger partial charge >= 0.3 is 5.97 Å². The fourth-order valence-corrected chi connectivity index (χ4v) is 2.12. The summed E-state index contributed by atoms with van der Waals surface area (Å²) in [5.41, 5.74) is 7.13. The molecule has 0 aliphatic heterocycles. The standard InChI is InChI=1S/C14H11N3O2/c1-19-14(18)8-2-3-12-10(6-8)9-4-5-16-7-11(9)13(15)17-12/h2-7H,1H3,(H2,15,17). The molecule has 19 heavy (non-hydrogen) atoms. The Morgan fingerprint density at radius 2 is 2.05 bits per heavy atom. The normalized spacial score (nSPS) is 10.8. The second-order valence-corrected chi connectivity index (χ2v) is 4.14. The summed E-state index contributed by atoms with van der Waals surface area (Å²) in [6.45, 7) is 0. The number of rotatable bonds is 1. The Morgan fingerprint density at radius 1 is 1.21 bits per heavy atom. The number of pyridine rings is 2. The van der Waals surface area contributed by atoms with E-state index in [9.17, 15) is 4.79 Å². The molecule has 0 aliphatic carbocycles. The highest BCUT2D eigenvalue weighted by molar-refractivity contribution is 6.10. The van der Waals surface area contributed by atoms with Crippen molar-refractivity contribution in [3.63, 3.8) is 0 Å². The van der Waals surface area contributed by atoms with Crippen LogP contribution in [0.15, 0.2) is 36.7 Å². The average molecular weight is 253 g/mol. The lowest BCUT2D eigenvalue weighted by molar-refractivity contribution is 0.0601. The van der Waals surface area contributed by atoms with Gasteiger partial charge in [0, 0.05) is 23.2 Å². The predicted octanol–water partition coefficient (Wildman–Crippen LogP) is 2.15. The maximum atomic E-state index is 11.6. The Hall–Kier alpha value is -2.69. The number of anilines is 1. The highest BCUT2D eigenvalue weighted by atomic mass is 16.5. The fourth-order valence-electron chi connectivity index (χ4n) is 2.12. The second kappa shape index (κ2) is 4.20. The third kappa shape index (κ3) is 1.76. The summed E-state index contributed by atoms with van der Waals surface area (Å²) in [7, 11) is 1.36. The van der Waals surface area contributed by atoms with Crippen molar-refractivity contribution < 1.29 is 9.53 Å². The zero-order chi connectivity index (χ0) is 13.4. The van der Waals surface area contributed by atoms with Crippen LogP contribution in [0.1, 0.15) is 10.4 Å². The van der Waals surface area contributed by atoms with E-state index >= 15 is 0 Å². The van der Waals surface area contributed by atoms with Crippen LogP contribution in [0.2, 0.25) is 0 Å². The minimum absolute atomic E-state index is 0.374. The van der Waals surface area contributed by atoms with E-state index in [0.29, 0.717) is 11.4 Å². The number of hydrogen-bond donors (Lipinski definition) is 1. The Labute approximate surface area is 109 Å². The number of nitrogen functional groups attached to an aromatic ring is 1. The van der Waals surface area contributed by atoms with Crippen molar-refractivity contribution in [2.75, 3.05) is 12.8 Å². The lowest BCUT2D eigenvalue weighted by atomic mass is 10.1. The van der Waals surface area contributed by atoms with Crippen molar-refractivity contribution in [3.8, 4) is 0 Å². The molecule has 0 saturated carbocycles. The number of esters is 1. The highest BCUT2D eigenvalue weighted by Crippen LogP contribution is 2.27. The monoisotopic (exact) mass is 253 g/mol. The molecular formula is C14H11N3O2. The maximum Gasteiger partial charge on any atom is 0.337 e. The Bertz CT molecular complexity index is 799. The van der Waals surface area contributed by atoms with E-state index in [2.05, 4.69) is 9.97 Å². The van der Waals surface area contributed by atoms with E-state index in [1.165, 1.54) is 7.11 Å². The van der Waals surface area contributed by atoms with Crippen molar-refractivity contribution in [2.45, 2.75) is 0 Å². The van der Waals surface area contributed by atoms with E-state index in [4.69, 9.17) is 10.5 Å². The molecule has 2 heterocycles. The summed E-state index contributed by atoms with van der Waals surface area (Å²) in [5.74, 6) is 0.0577. The van der Waals surface area contributed by atoms with Gasteiger partial charge in [0.1, 0.15) is 5.82 Å². The third-order valence-corrected chi connectivity index (χ3v) is 3.05. The van der Waals surface area contributed by atoms with E-state index < -0.39 is 0 Å². The van der Waals surface area contributed by atoms with Crippen molar-refractivity contribution in [1.29, 1.82) is 0 Å². The molecule has 94 valence electrons. The van der Waals surface area contributed by atoms with Crippen LogP contribution in [0.25, 0.3) is 21.7 Å². The van der Waals surface area contributed by atoms with Crippen molar-refractivity contribution >= 4 is 33.5 Å². The molecule has 0 radical (unpaired) electrons. The molecule has 5 heteroatoms. The van der Waals surface area contributed by atoms with E-state index in [0.717, 1.165) is 21.7 Å². The average Bonchev–Trinajstić information content (AvgIpc) is 2.46. The van der Waals surface area contributed by atoms with Gasteiger partial charge in [0.25, 0.3) is 0 Å². The topological polar surface area (TPSA) is 78.1 Å². The number of carbonyl (C=O) groups excluding carboxylic acids is 1. The number of aromatic nitrogens is 2. The van der Waals surface area contributed by atoms with Gasteiger partial charge in [-0.2, -0.15) is 0 Å². The minimum Gasteiger partial charge on any atom is -0.465 e. The molecule has 3 rings (SSSR count). The fraction of sp³-hybridized carbons (Fsp3) is 0.0714. The largest absolute Gasteiger partial charge is 0.465 e. The summed E-state index contributed by atoms with van der Waals surface area (Å²) in [5, 5.41) is 2.55. The third-order valence-electron chi connectivity index (χ3n) is 3.05. The molecule has 0 aliphatic rings. The van der Waals surface area contributed by atoms with Gasteiger partial charge in [-0.1, -0.05) is 0 Å². The van der Waals surface area contributed by atoms with Crippen LogP contribution in [-0.4, -0.2) is 23.0 Å². The predicted molar refractivity (Wildman–Crippen MR) is 72.8 cm³/mol. The van der Waals surface area contributed by atoms with Crippen LogP contribution in [0, 0.1) is 0 Å². The first-order valence-electron chi connectivity index (χ1n) is 5.72. The van der Waals surface area contributed by atoms with Gasteiger partial charge in [0.15, 0.2) is 0 Å². The molecule has 0 spiro atoms. The number of nitrogens with zero attached hydrogens (tertiary/aromatic N) is 2. The number of carbonyl (C=O) groups is 1. The molecule has 2 aromatic heterocycles. The van der Waals surface area contributed by atoms with E-state index in [-0.39, 0.29) is 5.97 Å². The number of benzene rings is 1. The SMILES string of the molecule is COC(=O)c1ccc2nc(N)c3cnccc3c2c1. The molecule has 3 aromatic rings. The van der Waals surface area contributed by atoms with E-state index in [1.807, 2.05) is 6.07 Å². The van der Waals surface area contributed by atoms with Gasteiger partial charge in [-0.15, -0.1) is 0 Å². The lowest BCUT2D eigenvalue weighted by Gasteiger charge is -2.07.